The molecule has 132 valence electrons. The number of aryl methyl sites for hydroxylation is 1. The summed E-state index contributed by atoms with van der Waals surface area (Å²) in [6, 6.07) is 8.87. The van der Waals surface area contributed by atoms with Crippen molar-refractivity contribution < 1.29 is 0 Å². The Hall–Kier alpha value is -1.52. The molecule has 1 aliphatic rings. The van der Waals surface area contributed by atoms with Crippen LogP contribution in [0.25, 0.3) is 10.9 Å². The molecule has 1 aromatic carbocycles. The normalized spacial score (nSPS) is 15.8. The minimum absolute atomic E-state index is 0. The molecule has 4 nitrogen and oxygen atoms in total. The minimum Gasteiger partial charge on any atom is -0.367 e. The number of aromatic nitrogens is 1. The van der Waals surface area contributed by atoms with Gasteiger partial charge in [-0.2, -0.15) is 0 Å². The number of nitrogens with zero attached hydrogens (tertiary/aromatic N) is 2. The molecule has 0 radical (unpaired) electrons. The average molecular weight is 350 g/mol. The van der Waals surface area contributed by atoms with Crippen LogP contribution in [0, 0.1) is 6.92 Å². The van der Waals surface area contributed by atoms with Gasteiger partial charge in [0.25, 0.3) is 5.56 Å². The molecule has 1 fully saturated rings. The predicted molar refractivity (Wildman–Crippen MR) is 105 cm³/mol. The Labute approximate surface area is 150 Å². The van der Waals surface area contributed by atoms with Crippen LogP contribution in [0.3, 0.4) is 0 Å². The van der Waals surface area contributed by atoms with E-state index in [9.17, 15) is 4.79 Å². The number of hydrogen-bond donors (Lipinski definition) is 1. The van der Waals surface area contributed by atoms with Crippen LogP contribution in [0.2, 0.25) is 0 Å². The summed E-state index contributed by atoms with van der Waals surface area (Å²) < 4.78 is 0. The molecular formula is C19H28ClN3O. The van der Waals surface area contributed by atoms with E-state index >= 15 is 0 Å². The highest BCUT2D eigenvalue weighted by molar-refractivity contribution is 5.85. The third-order valence-electron chi connectivity index (χ3n) is 5.20. The van der Waals surface area contributed by atoms with Gasteiger partial charge in [0.1, 0.15) is 5.69 Å². The number of pyridine rings is 1. The number of piperidine rings is 1. The highest BCUT2D eigenvalue weighted by Crippen LogP contribution is 2.23. The number of halogens is 1. The molecule has 0 spiro atoms. The second-order valence-corrected chi connectivity index (χ2v) is 6.46. The molecule has 0 bridgehead atoms. The standard InChI is InChI=1S/C19H27N3O.ClH/c1-4-21(5-2)16-9-11-22(12-10-16)17-13-15-8-6-7-14(3)18(15)20-19(17)23;/h6-8,13,16H,4-5,9-12H2,1-3H3,(H,20,23);1H. The zero-order chi connectivity index (χ0) is 16.4. The van der Waals surface area contributed by atoms with Crippen molar-refractivity contribution in [3.05, 3.63) is 40.2 Å². The summed E-state index contributed by atoms with van der Waals surface area (Å²) >= 11 is 0. The zero-order valence-corrected chi connectivity index (χ0v) is 15.7. The van der Waals surface area contributed by atoms with E-state index in [2.05, 4.69) is 40.8 Å². The largest absolute Gasteiger partial charge is 0.367 e. The van der Waals surface area contributed by atoms with Crippen LogP contribution in [0.15, 0.2) is 29.1 Å². The van der Waals surface area contributed by atoms with Crippen molar-refractivity contribution in [1.29, 1.82) is 0 Å². The lowest BCUT2D eigenvalue weighted by Gasteiger charge is -2.38. The highest BCUT2D eigenvalue weighted by atomic mass is 35.5. The zero-order valence-electron chi connectivity index (χ0n) is 14.8. The molecule has 1 saturated heterocycles. The number of benzene rings is 1. The summed E-state index contributed by atoms with van der Waals surface area (Å²) in [4.78, 5) is 20.4. The molecule has 1 aromatic heterocycles. The number of hydrogen-bond acceptors (Lipinski definition) is 3. The van der Waals surface area contributed by atoms with Crippen molar-refractivity contribution in [3.8, 4) is 0 Å². The van der Waals surface area contributed by atoms with E-state index in [1.54, 1.807) is 0 Å². The average Bonchev–Trinajstić information content (AvgIpc) is 2.57. The molecule has 1 aliphatic heterocycles. The Kier molecular flexibility index (Phi) is 6.30. The van der Waals surface area contributed by atoms with Crippen molar-refractivity contribution in [2.45, 2.75) is 39.7 Å². The highest BCUT2D eigenvalue weighted by Gasteiger charge is 2.24. The van der Waals surface area contributed by atoms with E-state index in [1.165, 1.54) is 0 Å². The van der Waals surface area contributed by atoms with Crippen LogP contribution in [-0.4, -0.2) is 42.1 Å². The Balaban J connectivity index is 0.00000208. The van der Waals surface area contributed by atoms with Crippen LogP contribution < -0.4 is 10.5 Å². The van der Waals surface area contributed by atoms with Gasteiger partial charge in [0.2, 0.25) is 0 Å². The van der Waals surface area contributed by atoms with Crippen molar-refractivity contribution in [3.63, 3.8) is 0 Å². The van der Waals surface area contributed by atoms with E-state index in [4.69, 9.17) is 0 Å². The van der Waals surface area contributed by atoms with Crippen LogP contribution in [0.4, 0.5) is 5.69 Å². The first kappa shape index (κ1) is 18.8. The lowest BCUT2D eigenvalue weighted by atomic mass is 10.0. The first-order valence-electron chi connectivity index (χ1n) is 8.75. The third-order valence-corrected chi connectivity index (χ3v) is 5.20. The summed E-state index contributed by atoms with van der Waals surface area (Å²) in [7, 11) is 0. The Morgan fingerprint density at radius 3 is 2.50 bits per heavy atom. The summed E-state index contributed by atoms with van der Waals surface area (Å²) in [5, 5.41) is 1.12. The van der Waals surface area contributed by atoms with E-state index in [0.717, 1.165) is 61.2 Å². The monoisotopic (exact) mass is 349 g/mol. The van der Waals surface area contributed by atoms with Gasteiger partial charge in [0.05, 0.1) is 5.52 Å². The van der Waals surface area contributed by atoms with Gasteiger partial charge in [-0.05, 0) is 44.5 Å². The van der Waals surface area contributed by atoms with Crippen molar-refractivity contribution in [1.82, 2.24) is 9.88 Å². The van der Waals surface area contributed by atoms with Crippen LogP contribution in [-0.2, 0) is 0 Å². The van der Waals surface area contributed by atoms with Gasteiger partial charge in [0.15, 0.2) is 0 Å². The Bertz CT molecular complexity index is 731. The molecule has 24 heavy (non-hydrogen) atoms. The second-order valence-electron chi connectivity index (χ2n) is 6.46. The fourth-order valence-electron chi connectivity index (χ4n) is 3.82. The molecule has 2 heterocycles. The maximum atomic E-state index is 12.5. The lowest BCUT2D eigenvalue weighted by molar-refractivity contribution is 0.186. The molecule has 3 rings (SSSR count). The predicted octanol–water partition coefficient (Wildman–Crippen LogP) is 3.57. The Morgan fingerprint density at radius 1 is 1.21 bits per heavy atom. The van der Waals surface area contributed by atoms with E-state index in [1.807, 2.05) is 19.1 Å². The second kappa shape index (κ2) is 8.04. The fraction of sp³-hybridized carbons (Fsp3) is 0.526. The van der Waals surface area contributed by atoms with Gasteiger partial charge in [0, 0.05) is 24.5 Å². The molecule has 5 heteroatoms. The topological polar surface area (TPSA) is 39.3 Å². The van der Waals surface area contributed by atoms with Gasteiger partial charge < -0.3 is 14.8 Å². The van der Waals surface area contributed by atoms with Gasteiger partial charge in [-0.3, -0.25) is 4.79 Å². The first-order valence-corrected chi connectivity index (χ1v) is 8.75. The van der Waals surface area contributed by atoms with E-state index < -0.39 is 0 Å². The molecule has 0 unspecified atom stereocenters. The first-order chi connectivity index (χ1) is 11.1. The maximum absolute atomic E-state index is 12.5. The number of para-hydroxylation sites is 1. The Morgan fingerprint density at radius 2 is 1.88 bits per heavy atom. The molecule has 1 N–H and O–H groups in total. The molecule has 2 aromatic rings. The number of fused-ring (bicyclic) bond motifs is 1. The van der Waals surface area contributed by atoms with Gasteiger partial charge >= 0.3 is 0 Å². The third kappa shape index (κ3) is 3.60. The van der Waals surface area contributed by atoms with Crippen molar-refractivity contribution >= 4 is 29.0 Å². The SMILES string of the molecule is CCN(CC)C1CCN(c2cc3cccc(C)c3[nH]c2=O)CC1.Cl. The van der Waals surface area contributed by atoms with Crippen LogP contribution >= 0.6 is 12.4 Å². The minimum atomic E-state index is 0. The summed E-state index contributed by atoms with van der Waals surface area (Å²) in [5.74, 6) is 0. The van der Waals surface area contributed by atoms with E-state index in [-0.39, 0.29) is 18.0 Å². The number of aromatic amines is 1. The quantitative estimate of drug-likeness (QED) is 0.917. The van der Waals surface area contributed by atoms with E-state index in [0.29, 0.717) is 6.04 Å². The van der Waals surface area contributed by atoms with Gasteiger partial charge in [-0.25, -0.2) is 0 Å². The van der Waals surface area contributed by atoms with Gasteiger partial charge in [-0.15, -0.1) is 12.4 Å². The number of nitrogens with one attached hydrogen (secondary N) is 1. The van der Waals surface area contributed by atoms with Crippen molar-refractivity contribution in [2.24, 2.45) is 0 Å². The number of rotatable bonds is 4. The number of H-pyrrole nitrogens is 1. The molecular weight excluding hydrogens is 322 g/mol. The summed E-state index contributed by atoms with van der Waals surface area (Å²) in [6.45, 7) is 10.6. The van der Waals surface area contributed by atoms with Gasteiger partial charge in [-0.1, -0.05) is 32.0 Å². The molecule has 0 aliphatic carbocycles. The van der Waals surface area contributed by atoms with Crippen LogP contribution in [0.5, 0.6) is 0 Å². The lowest BCUT2D eigenvalue weighted by Crippen LogP contribution is -2.46. The fourth-order valence-corrected chi connectivity index (χ4v) is 3.82. The summed E-state index contributed by atoms with van der Waals surface area (Å²) in [6.07, 6.45) is 2.26. The maximum Gasteiger partial charge on any atom is 0.271 e. The summed E-state index contributed by atoms with van der Waals surface area (Å²) in [5.41, 5.74) is 2.93. The molecule has 0 saturated carbocycles. The van der Waals surface area contributed by atoms with Crippen LogP contribution in [0.1, 0.15) is 32.3 Å². The number of anilines is 1. The smallest absolute Gasteiger partial charge is 0.271 e. The molecule has 0 amide bonds. The van der Waals surface area contributed by atoms with Crippen molar-refractivity contribution in [2.75, 3.05) is 31.1 Å². The molecule has 0 atom stereocenters.